The maximum atomic E-state index is 12.3. The molecule has 0 spiro atoms. The number of hydrogen-bond donors (Lipinski definition) is 1. The first kappa shape index (κ1) is 19.9. The molecule has 1 N–H and O–H groups in total. The monoisotopic (exact) mass is 381 g/mol. The van der Waals surface area contributed by atoms with Gasteiger partial charge in [-0.2, -0.15) is 0 Å². The summed E-state index contributed by atoms with van der Waals surface area (Å²) in [5.41, 5.74) is 2.06. The maximum absolute atomic E-state index is 12.3. The predicted octanol–water partition coefficient (Wildman–Crippen LogP) is 2.41. The van der Waals surface area contributed by atoms with Crippen LogP contribution in [0.2, 0.25) is 0 Å². The smallest absolute Gasteiger partial charge is 0.260 e. The minimum atomic E-state index is -0.0608. The van der Waals surface area contributed by atoms with Gasteiger partial charge in [0.05, 0.1) is 0 Å². The molecule has 0 bridgehead atoms. The van der Waals surface area contributed by atoms with Crippen LogP contribution in [-0.2, 0) is 16.0 Å². The number of nitrogens with one attached hydrogen (secondary N) is 1. The number of carbonyl (C=O) groups excluding carboxylic acids is 2. The predicted molar refractivity (Wildman–Crippen MR) is 109 cm³/mol. The van der Waals surface area contributed by atoms with Crippen LogP contribution in [0.1, 0.15) is 12.5 Å². The van der Waals surface area contributed by atoms with Crippen LogP contribution in [0.15, 0.2) is 54.6 Å². The molecule has 0 radical (unpaired) electrons. The van der Waals surface area contributed by atoms with Crippen LogP contribution < -0.4 is 10.1 Å². The van der Waals surface area contributed by atoms with Crippen molar-refractivity contribution in [3.63, 3.8) is 0 Å². The molecule has 0 aromatic heterocycles. The first-order chi connectivity index (χ1) is 13.6. The lowest BCUT2D eigenvalue weighted by Gasteiger charge is -2.34. The summed E-state index contributed by atoms with van der Waals surface area (Å²) in [7, 11) is 0. The summed E-state index contributed by atoms with van der Waals surface area (Å²) in [6.45, 7) is 5.78. The Balaban J connectivity index is 1.36. The van der Waals surface area contributed by atoms with E-state index < -0.39 is 0 Å². The van der Waals surface area contributed by atoms with Gasteiger partial charge in [0.1, 0.15) is 5.75 Å². The number of rotatable bonds is 7. The number of carbonyl (C=O) groups is 2. The van der Waals surface area contributed by atoms with Crippen molar-refractivity contribution in [2.45, 2.75) is 13.3 Å². The van der Waals surface area contributed by atoms with Gasteiger partial charge in [0.2, 0.25) is 5.91 Å². The third-order valence-corrected chi connectivity index (χ3v) is 4.82. The standard InChI is InChI=1S/C22H27N3O3/c1-18(26)23-20-9-7-19(8-10-20)11-12-24-13-15-25(16-14-24)22(27)17-28-21-5-3-2-4-6-21/h2-10H,11-17H2,1H3,(H,23,26). The minimum absolute atomic E-state index is 0.0389. The highest BCUT2D eigenvalue weighted by atomic mass is 16.5. The molecule has 148 valence electrons. The van der Waals surface area contributed by atoms with Gasteiger partial charge in [0.25, 0.3) is 5.91 Å². The van der Waals surface area contributed by atoms with Crippen LogP contribution in [0.25, 0.3) is 0 Å². The summed E-state index contributed by atoms with van der Waals surface area (Å²) in [5.74, 6) is 0.699. The molecule has 1 aliphatic rings. The second kappa shape index (κ2) is 9.90. The Bertz CT molecular complexity index is 769. The molecule has 1 heterocycles. The number of nitrogens with zero attached hydrogens (tertiary/aromatic N) is 2. The second-order valence-electron chi connectivity index (χ2n) is 6.95. The van der Waals surface area contributed by atoms with E-state index in [1.807, 2.05) is 59.5 Å². The first-order valence-corrected chi connectivity index (χ1v) is 9.64. The Morgan fingerprint density at radius 1 is 0.964 bits per heavy atom. The highest BCUT2D eigenvalue weighted by molar-refractivity contribution is 5.88. The third-order valence-electron chi connectivity index (χ3n) is 4.82. The fourth-order valence-corrected chi connectivity index (χ4v) is 3.22. The zero-order valence-corrected chi connectivity index (χ0v) is 16.3. The van der Waals surface area contributed by atoms with Crippen LogP contribution in [-0.4, -0.2) is 60.9 Å². The van der Waals surface area contributed by atoms with Crippen molar-refractivity contribution in [1.29, 1.82) is 0 Å². The third kappa shape index (κ3) is 6.09. The van der Waals surface area contributed by atoms with Crippen LogP contribution in [0.4, 0.5) is 5.69 Å². The fourth-order valence-electron chi connectivity index (χ4n) is 3.22. The summed E-state index contributed by atoms with van der Waals surface area (Å²) in [6.07, 6.45) is 0.950. The molecule has 0 saturated carbocycles. The molecule has 1 aliphatic heterocycles. The van der Waals surface area contributed by atoms with Gasteiger partial charge in [-0.3, -0.25) is 14.5 Å². The lowest BCUT2D eigenvalue weighted by Crippen LogP contribution is -2.50. The zero-order chi connectivity index (χ0) is 19.8. The molecule has 6 nitrogen and oxygen atoms in total. The number of piperazine rings is 1. The Morgan fingerprint density at radius 3 is 2.29 bits per heavy atom. The zero-order valence-electron chi connectivity index (χ0n) is 16.3. The van der Waals surface area contributed by atoms with Crippen molar-refractivity contribution in [3.05, 3.63) is 60.2 Å². The van der Waals surface area contributed by atoms with Crippen molar-refractivity contribution < 1.29 is 14.3 Å². The Morgan fingerprint density at radius 2 is 1.64 bits per heavy atom. The summed E-state index contributed by atoms with van der Waals surface area (Å²) in [5, 5.41) is 2.78. The average Bonchev–Trinajstić information content (AvgIpc) is 2.72. The van der Waals surface area contributed by atoms with Crippen molar-refractivity contribution in [1.82, 2.24) is 9.80 Å². The lowest BCUT2D eigenvalue weighted by atomic mass is 10.1. The fraction of sp³-hybridized carbons (Fsp3) is 0.364. The quantitative estimate of drug-likeness (QED) is 0.800. The van der Waals surface area contributed by atoms with Crippen LogP contribution in [0, 0.1) is 0 Å². The molecule has 0 unspecified atom stereocenters. The number of benzene rings is 2. The lowest BCUT2D eigenvalue weighted by molar-refractivity contribution is -0.135. The largest absolute Gasteiger partial charge is 0.484 e. The number of anilines is 1. The van der Waals surface area contributed by atoms with E-state index in [4.69, 9.17) is 4.74 Å². The van der Waals surface area contributed by atoms with Gasteiger partial charge in [-0.15, -0.1) is 0 Å². The summed E-state index contributed by atoms with van der Waals surface area (Å²) in [4.78, 5) is 27.6. The molecule has 3 rings (SSSR count). The number of amides is 2. The van der Waals surface area contributed by atoms with Gasteiger partial charge in [-0.05, 0) is 36.2 Å². The molecular weight excluding hydrogens is 354 g/mol. The van der Waals surface area contributed by atoms with E-state index in [0.717, 1.165) is 50.6 Å². The van der Waals surface area contributed by atoms with Crippen LogP contribution in [0.3, 0.4) is 0 Å². The maximum Gasteiger partial charge on any atom is 0.260 e. The van der Waals surface area contributed by atoms with Crippen LogP contribution >= 0.6 is 0 Å². The molecule has 1 saturated heterocycles. The van der Waals surface area contributed by atoms with Crippen molar-refractivity contribution in [2.75, 3.05) is 44.6 Å². The Labute approximate surface area is 166 Å². The summed E-state index contributed by atoms with van der Waals surface area (Å²) >= 11 is 0. The van der Waals surface area contributed by atoms with E-state index >= 15 is 0 Å². The van der Waals surface area contributed by atoms with E-state index in [9.17, 15) is 9.59 Å². The second-order valence-corrected chi connectivity index (χ2v) is 6.95. The van der Waals surface area contributed by atoms with E-state index in [1.54, 1.807) is 0 Å². The first-order valence-electron chi connectivity index (χ1n) is 9.64. The molecule has 2 aromatic rings. The van der Waals surface area contributed by atoms with Crippen molar-refractivity contribution in [3.8, 4) is 5.75 Å². The normalized spacial score (nSPS) is 14.5. The van der Waals surface area contributed by atoms with Crippen molar-refractivity contribution in [2.24, 2.45) is 0 Å². The molecule has 1 fully saturated rings. The molecule has 2 amide bonds. The molecule has 28 heavy (non-hydrogen) atoms. The molecule has 0 atom stereocenters. The molecule has 6 heteroatoms. The number of ether oxygens (including phenoxy) is 1. The van der Waals surface area contributed by atoms with Gasteiger partial charge < -0.3 is 15.0 Å². The number of hydrogen-bond acceptors (Lipinski definition) is 4. The molecular formula is C22H27N3O3. The average molecular weight is 381 g/mol. The van der Waals surface area contributed by atoms with Gasteiger partial charge in [0, 0.05) is 45.3 Å². The highest BCUT2D eigenvalue weighted by Crippen LogP contribution is 2.12. The molecule has 2 aromatic carbocycles. The van der Waals surface area contributed by atoms with Gasteiger partial charge in [-0.25, -0.2) is 0 Å². The topological polar surface area (TPSA) is 61.9 Å². The van der Waals surface area contributed by atoms with Crippen LogP contribution in [0.5, 0.6) is 5.75 Å². The Kier molecular flexibility index (Phi) is 7.03. The van der Waals surface area contributed by atoms with E-state index in [2.05, 4.69) is 10.2 Å². The van der Waals surface area contributed by atoms with E-state index in [0.29, 0.717) is 0 Å². The summed E-state index contributed by atoms with van der Waals surface area (Å²) < 4.78 is 5.56. The van der Waals surface area contributed by atoms with E-state index in [-0.39, 0.29) is 18.4 Å². The number of para-hydroxylation sites is 1. The molecule has 0 aliphatic carbocycles. The summed E-state index contributed by atoms with van der Waals surface area (Å²) in [6, 6.07) is 17.4. The van der Waals surface area contributed by atoms with Gasteiger partial charge >= 0.3 is 0 Å². The van der Waals surface area contributed by atoms with Crippen molar-refractivity contribution >= 4 is 17.5 Å². The van der Waals surface area contributed by atoms with Gasteiger partial charge in [-0.1, -0.05) is 30.3 Å². The van der Waals surface area contributed by atoms with Gasteiger partial charge in [0.15, 0.2) is 6.61 Å². The highest BCUT2D eigenvalue weighted by Gasteiger charge is 2.21. The Hall–Kier alpha value is -2.86. The van der Waals surface area contributed by atoms with E-state index in [1.165, 1.54) is 12.5 Å². The SMILES string of the molecule is CC(=O)Nc1ccc(CCN2CCN(C(=O)COc3ccccc3)CC2)cc1. The minimum Gasteiger partial charge on any atom is -0.484 e.